The number of anilines is 1. The van der Waals surface area contributed by atoms with Crippen LogP contribution in [0.15, 0.2) is 40.7 Å². The highest BCUT2D eigenvalue weighted by molar-refractivity contribution is 7.84. The smallest absolute Gasteiger partial charge is 0.416 e. The number of nitrogens with one attached hydrogen (secondary N) is 1. The fourth-order valence-electron chi connectivity index (χ4n) is 1.16. The highest BCUT2D eigenvalue weighted by Crippen LogP contribution is 2.29. The number of ether oxygens (including phenoxy) is 2. The van der Waals surface area contributed by atoms with Gasteiger partial charge in [0.1, 0.15) is 5.75 Å². The number of carbonyl (C=O) groups is 1. The van der Waals surface area contributed by atoms with E-state index >= 15 is 0 Å². The molecule has 0 radical (unpaired) electrons. The van der Waals surface area contributed by atoms with Crippen LogP contribution < -0.4 is 10.1 Å². The molecule has 20 heavy (non-hydrogen) atoms. The molecule has 0 aliphatic heterocycles. The summed E-state index contributed by atoms with van der Waals surface area (Å²) in [5, 5.41) is 5.65. The van der Waals surface area contributed by atoms with Gasteiger partial charge in [0.05, 0.1) is 24.7 Å². The van der Waals surface area contributed by atoms with Crippen LogP contribution in [-0.4, -0.2) is 26.2 Å². The Labute approximate surface area is 114 Å². The number of nitrogens with zero attached hydrogens (tertiary/aromatic N) is 2. The minimum atomic E-state index is -4.56. The lowest BCUT2D eigenvalue weighted by Crippen LogP contribution is -2.11. The van der Waals surface area contributed by atoms with Crippen LogP contribution in [0.25, 0.3) is 0 Å². The summed E-state index contributed by atoms with van der Waals surface area (Å²) in [6.07, 6.45) is 0.182. The molecule has 0 atom stereocenters. The Morgan fingerprint density at radius 1 is 1.50 bits per heavy atom. The maximum Gasteiger partial charge on any atom is 0.416 e. The molecule has 1 amide bonds. The predicted octanol–water partition coefficient (Wildman–Crippen LogP) is 2.27. The van der Waals surface area contributed by atoms with Crippen LogP contribution in [0.3, 0.4) is 0 Å². The van der Waals surface area contributed by atoms with Gasteiger partial charge in [-0.25, -0.2) is 4.79 Å². The maximum atomic E-state index is 11.2. The molecule has 0 aliphatic carbocycles. The van der Waals surface area contributed by atoms with Gasteiger partial charge < -0.3 is 9.47 Å². The lowest BCUT2D eigenvalue weighted by atomic mass is 10.2. The van der Waals surface area contributed by atoms with E-state index in [1.807, 2.05) is 0 Å². The molecule has 0 unspecified atom stereocenters. The lowest BCUT2D eigenvalue weighted by molar-refractivity contribution is 0.201. The van der Waals surface area contributed by atoms with E-state index in [4.69, 9.17) is 9.29 Å². The van der Waals surface area contributed by atoms with E-state index in [9.17, 15) is 13.2 Å². The summed E-state index contributed by atoms with van der Waals surface area (Å²) in [5.41, 5.74) is 0.368. The van der Waals surface area contributed by atoms with Crippen LogP contribution in [0.4, 0.5) is 16.2 Å². The summed E-state index contributed by atoms with van der Waals surface area (Å²) in [5.74, 6) is 0.192. The van der Waals surface area contributed by atoms with Crippen LogP contribution >= 0.6 is 0 Å². The summed E-state index contributed by atoms with van der Waals surface area (Å²) >= 11 is 0. The molecule has 0 saturated carbocycles. The predicted molar refractivity (Wildman–Crippen MR) is 69.4 cm³/mol. The van der Waals surface area contributed by atoms with Crippen molar-refractivity contribution in [3.05, 3.63) is 31.0 Å². The van der Waals surface area contributed by atoms with Crippen LogP contribution in [0, 0.1) is 0 Å². The number of rotatable bonds is 5. The van der Waals surface area contributed by atoms with Gasteiger partial charge in [-0.3, -0.25) is 9.87 Å². The number of benzene rings is 1. The van der Waals surface area contributed by atoms with Gasteiger partial charge in [0.15, 0.2) is 0 Å². The van der Waals surface area contributed by atoms with E-state index in [0.717, 1.165) is 6.26 Å². The molecule has 1 rings (SSSR count). The number of hydrogen-bond acceptors (Lipinski definition) is 6. The van der Waals surface area contributed by atoms with E-state index in [1.165, 1.54) is 25.3 Å². The fourth-order valence-corrected chi connectivity index (χ4v) is 1.36. The van der Waals surface area contributed by atoms with Crippen LogP contribution in [-0.2, 0) is 15.0 Å². The summed E-state index contributed by atoms with van der Waals surface area (Å²) < 4.78 is 41.4. The highest BCUT2D eigenvalue weighted by atomic mass is 32.2. The molecule has 2 N–H and O–H groups in total. The van der Waals surface area contributed by atoms with Crippen molar-refractivity contribution in [3.8, 4) is 5.75 Å². The quantitative estimate of drug-likeness (QED) is 0.488. The molecule has 0 aliphatic rings. The molecule has 9 nitrogen and oxygen atoms in total. The molecule has 0 spiro atoms. The van der Waals surface area contributed by atoms with Gasteiger partial charge in [-0.15, -0.1) is 5.11 Å². The second kappa shape index (κ2) is 6.63. The highest BCUT2D eigenvalue weighted by Gasteiger charge is 2.09. The Bertz CT molecular complexity index is 640. The zero-order valence-electron chi connectivity index (χ0n) is 10.3. The van der Waals surface area contributed by atoms with Crippen LogP contribution in [0.2, 0.25) is 0 Å². The second-order valence-electron chi connectivity index (χ2n) is 3.21. The normalized spacial score (nSPS) is 11.1. The molecule has 1 aromatic rings. The Balaban J connectivity index is 2.99. The van der Waals surface area contributed by atoms with E-state index in [1.54, 1.807) is 0 Å². The third-order valence-electron chi connectivity index (χ3n) is 1.87. The second-order valence-corrected chi connectivity index (χ2v) is 4.27. The molecule has 0 bridgehead atoms. The van der Waals surface area contributed by atoms with Crippen molar-refractivity contribution < 1.29 is 27.2 Å². The first-order valence-electron chi connectivity index (χ1n) is 5.02. The molecule has 1 aromatic carbocycles. The summed E-state index contributed by atoms with van der Waals surface area (Å²) in [6, 6.07) is 4.04. The molecule has 0 heterocycles. The Hall–Kier alpha value is -2.46. The molecule has 10 heteroatoms. The third kappa shape index (κ3) is 5.04. The monoisotopic (exact) mass is 301 g/mol. The van der Waals surface area contributed by atoms with Crippen molar-refractivity contribution in [2.45, 2.75) is 0 Å². The van der Waals surface area contributed by atoms with Crippen molar-refractivity contribution in [1.82, 2.24) is 0 Å². The maximum absolute atomic E-state index is 11.2. The minimum absolute atomic E-state index is 0.0992. The van der Waals surface area contributed by atoms with E-state index < -0.39 is 16.4 Å². The first-order valence-corrected chi connectivity index (χ1v) is 6.42. The molecule has 108 valence electrons. The first-order chi connectivity index (χ1) is 9.35. The van der Waals surface area contributed by atoms with Crippen molar-refractivity contribution in [1.29, 1.82) is 0 Å². The first kappa shape index (κ1) is 15.6. The van der Waals surface area contributed by atoms with Gasteiger partial charge in [-0.05, 0) is 16.7 Å². The number of amides is 1. The summed E-state index contributed by atoms with van der Waals surface area (Å²) in [7, 11) is -3.23. The van der Waals surface area contributed by atoms with Gasteiger partial charge in [0.2, 0.25) is 0 Å². The zero-order valence-corrected chi connectivity index (χ0v) is 11.1. The van der Waals surface area contributed by atoms with E-state index in [0.29, 0.717) is 0 Å². The van der Waals surface area contributed by atoms with Crippen LogP contribution in [0.1, 0.15) is 0 Å². The Kier molecular flexibility index (Phi) is 5.17. The van der Waals surface area contributed by atoms with E-state index in [-0.39, 0.29) is 17.1 Å². The summed E-state index contributed by atoms with van der Waals surface area (Å²) in [6.45, 7) is 3.22. The van der Waals surface area contributed by atoms with Crippen molar-refractivity contribution in [2.24, 2.45) is 9.63 Å². The molecule has 0 aromatic heterocycles. The van der Waals surface area contributed by atoms with Crippen molar-refractivity contribution in [2.75, 3.05) is 12.4 Å². The fraction of sp³-hybridized carbons (Fsp3) is 0.100. The topological polar surface area (TPSA) is 127 Å². The van der Waals surface area contributed by atoms with Gasteiger partial charge in [-0.1, -0.05) is 6.58 Å². The van der Waals surface area contributed by atoms with Gasteiger partial charge in [0.25, 0.3) is 0 Å². The SMILES string of the molecule is C=COC(=O)Nc1ccc(N=NS(=O)(=O)O)cc1OC. The Morgan fingerprint density at radius 2 is 2.20 bits per heavy atom. The Morgan fingerprint density at radius 3 is 2.75 bits per heavy atom. The molecule has 0 saturated heterocycles. The van der Waals surface area contributed by atoms with Gasteiger partial charge in [-0.2, -0.15) is 8.42 Å². The zero-order chi connectivity index (χ0) is 15.2. The van der Waals surface area contributed by atoms with Gasteiger partial charge >= 0.3 is 16.4 Å². The van der Waals surface area contributed by atoms with Crippen LogP contribution in [0.5, 0.6) is 5.75 Å². The molecular weight excluding hydrogens is 290 g/mol. The van der Waals surface area contributed by atoms with Crippen molar-refractivity contribution in [3.63, 3.8) is 0 Å². The minimum Gasteiger partial charge on any atom is -0.494 e. The van der Waals surface area contributed by atoms with E-state index in [2.05, 4.69) is 26.3 Å². The molecular formula is C10H11N3O6S. The third-order valence-corrected chi connectivity index (χ3v) is 2.16. The number of carbonyl (C=O) groups excluding carboxylic acids is 1. The summed E-state index contributed by atoms with van der Waals surface area (Å²) in [4.78, 5) is 11.2. The average molecular weight is 301 g/mol. The largest absolute Gasteiger partial charge is 0.494 e. The van der Waals surface area contributed by atoms with Gasteiger partial charge in [0, 0.05) is 6.07 Å². The van der Waals surface area contributed by atoms with Crippen molar-refractivity contribution >= 4 is 27.8 Å². The standard InChI is InChI=1S/C10H11N3O6S/c1-3-19-10(14)11-8-5-4-7(6-9(8)18-2)12-13-20(15,16)17/h3-6H,1H2,2H3,(H,11,14)(H,15,16,17). The average Bonchev–Trinajstić information content (AvgIpc) is 2.37. The number of methoxy groups -OCH3 is 1. The molecule has 0 fully saturated rings. The number of hydrogen-bond donors (Lipinski definition) is 2. The lowest BCUT2D eigenvalue weighted by Gasteiger charge is -2.09.